The average Bonchev–Trinajstić information content (AvgIpc) is 2.80. The summed E-state index contributed by atoms with van der Waals surface area (Å²) in [6.45, 7) is 8.78. The van der Waals surface area contributed by atoms with Gasteiger partial charge in [0, 0.05) is 24.2 Å². The van der Waals surface area contributed by atoms with Gasteiger partial charge in [0.1, 0.15) is 0 Å². The van der Waals surface area contributed by atoms with Gasteiger partial charge in [0.2, 0.25) is 0 Å². The topological polar surface area (TPSA) is 38.0 Å². The van der Waals surface area contributed by atoms with Crippen LogP contribution in [0.15, 0.2) is 6.20 Å². The van der Waals surface area contributed by atoms with Crippen molar-refractivity contribution in [2.24, 2.45) is 18.9 Å². The van der Waals surface area contributed by atoms with Crippen molar-refractivity contribution in [1.29, 1.82) is 0 Å². The Morgan fingerprint density at radius 1 is 1.30 bits per heavy atom. The lowest BCUT2D eigenvalue weighted by atomic mass is 9.76. The number of hydrogen-bond donors (Lipinski definition) is 1. The fourth-order valence-electron chi connectivity index (χ4n) is 3.47. The van der Waals surface area contributed by atoms with Gasteiger partial charge in [-0.1, -0.05) is 47.0 Å². The lowest BCUT2D eigenvalue weighted by Gasteiger charge is -2.32. The summed E-state index contributed by atoms with van der Waals surface area (Å²) in [5.41, 5.74) is 2.07. The van der Waals surface area contributed by atoms with E-state index in [0.29, 0.717) is 5.92 Å². The summed E-state index contributed by atoms with van der Waals surface area (Å²) in [7, 11) is 1.94. The molecule has 0 bridgehead atoms. The molecule has 1 aliphatic rings. The molecule has 0 radical (unpaired) electrons. The molecule has 0 aromatic carbocycles. The summed E-state index contributed by atoms with van der Waals surface area (Å²) in [6.07, 6.45) is 7.78. The van der Waals surface area contributed by atoms with Crippen LogP contribution in [0.2, 0.25) is 0 Å². The molecular formula is C17H30N2O. The Labute approximate surface area is 123 Å². The van der Waals surface area contributed by atoms with Crippen molar-refractivity contribution in [2.45, 2.75) is 71.3 Å². The minimum absolute atomic E-state index is 0.0157. The van der Waals surface area contributed by atoms with Crippen molar-refractivity contribution >= 4 is 0 Å². The Balaban J connectivity index is 2.15. The van der Waals surface area contributed by atoms with Crippen molar-refractivity contribution in [3.63, 3.8) is 0 Å². The third-order valence-electron chi connectivity index (χ3n) is 4.80. The molecule has 2 rings (SSSR count). The maximum Gasteiger partial charge on any atom is 0.0851 e. The fourth-order valence-corrected chi connectivity index (χ4v) is 3.47. The summed E-state index contributed by atoms with van der Waals surface area (Å²) in [4.78, 5) is 0. The van der Waals surface area contributed by atoms with Crippen molar-refractivity contribution < 1.29 is 5.11 Å². The third kappa shape index (κ3) is 3.25. The van der Waals surface area contributed by atoms with Crippen LogP contribution in [0.4, 0.5) is 0 Å². The highest BCUT2D eigenvalue weighted by Crippen LogP contribution is 2.40. The molecule has 1 unspecified atom stereocenters. The summed E-state index contributed by atoms with van der Waals surface area (Å²) in [5.74, 6) is 1.28. The van der Waals surface area contributed by atoms with Crippen LogP contribution in [0.1, 0.15) is 77.2 Å². The van der Waals surface area contributed by atoms with E-state index in [2.05, 4.69) is 32.8 Å². The molecule has 3 nitrogen and oxygen atoms in total. The Morgan fingerprint density at radius 2 is 1.90 bits per heavy atom. The van der Waals surface area contributed by atoms with Gasteiger partial charge in [0.05, 0.1) is 11.8 Å². The largest absolute Gasteiger partial charge is 0.388 e. The molecule has 1 aliphatic carbocycles. The molecule has 114 valence electrons. The predicted octanol–water partition coefficient (Wildman–Crippen LogP) is 3.97. The smallest absolute Gasteiger partial charge is 0.0851 e. The second-order valence-corrected chi connectivity index (χ2v) is 7.49. The standard InChI is InChI=1S/C17H30N2O/c1-6-12-7-9-13(10-8-12)15(20)14-11-19(5)18-16(14)17(2,3)4/h11-13,15,20H,6-10H2,1-5H3. The third-order valence-corrected chi connectivity index (χ3v) is 4.80. The second kappa shape index (κ2) is 5.88. The van der Waals surface area contributed by atoms with Crippen molar-refractivity contribution in [3.05, 3.63) is 17.5 Å². The van der Waals surface area contributed by atoms with Crippen molar-refractivity contribution in [3.8, 4) is 0 Å². The maximum atomic E-state index is 10.8. The highest BCUT2D eigenvalue weighted by molar-refractivity contribution is 5.26. The SMILES string of the molecule is CCC1CCC(C(O)c2cn(C)nc2C(C)(C)C)CC1. The molecule has 0 spiro atoms. The quantitative estimate of drug-likeness (QED) is 0.908. The summed E-state index contributed by atoms with van der Waals surface area (Å²) in [5, 5.41) is 15.4. The molecule has 1 saturated carbocycles. The van der Waals surface area contributed by atoms with Crippen LogP contribution in [0.25, 0.3) is 0 Å². The zero-order valence-corrected chi connectivity index (χ0v) is 13.7. The van der Waals surface area contributed by atoms with E-state index in [9.17, 15) is 5.11 Å². The monoisotopic (exact) mass is 278 g/mol. The van der Waals surface area contributed by atoms with E-state index in [-0.39, 0.29) is 11.5 Å². The Hall–Kier alpha value is -0.830. The van der Waals surface area contributed by atoms with E-state index < -0.39 is 0 Å². The minimum atomic E-state index is -0.351. The molecule has 1 aromatic heterocycles. The first-order valence-corrected chi connectivity index (χ1v) is 8.05. The number of aromatic nitrogens is 2. The van der Waals surface area contributed by atoms with Crippen LogP contribution in [-0.2, 0) is 12.5 Å². The van der Waals surface area contributed by atoms with E-state index in [0.717, 1.165) is 30.0 Å². The first-order chi connectivity index (χ1) is 9.32. The zero-order chi connectivity index (χ0) is 14.9. The number of aliphatic hydroxyl groups excluding tert-OH is 1. The van der Waals surface area contributed by atoms with Gasteiger partial charge in [-0.25, -0.2) is 0 Å². The van der Waals surface area contributed by atoms with Crippen LogP contribution >= 0.6 is 0 Å². The summed E-state index contributed by atoms with van der Waals surface area (Å²) in [6, 6.07) is 0. The highest BCUT2D eigenvalue weighted by Gasteiger charge is 2.32. The molecule has 1 heterocycles. The molecule has 0 amide bonds. The van der Waals surface area contributed by atoms with Crippen LogP contribution in [-0.4, -0.2) is 14.9 Å². The van der Waals surface area contributed by atoms with Crippen molar-refractivity contribution in [1.82, 2.24) is 9.78 Å². The van der Waals surface area contributed by atoms with Gasteiger partial charge in [-0.05, 0) is 24.7 Å². The van der Waals surface area contributed by atoms with E-state index in [1.165, 1.54) is 19.3 Å². The molecule has 1 aromatic rings. The molecule has 1 N–H and O–H groups in total. The predicted molar refractivity (Wildman–Crippen MR) is 82.6 cm³/mol. The molecule has 20 heavy (non-hydrogen) atoms. The molecule has 0 aliphatic heterocycles. The number of hydrogen-bond acceptors (Lipinski definition) is 2. The summed E-state index contributed by atoms with van der Waals surface area (Å²) >= 11 is 0. The van der Waals surface area contributed by atoms with E-state index in [4.69, 9.17) is 0 Å². The van der Waals surface area contributed by atoms with E-state index >= 15 is 0 Å². The van der Waals surface area contributed by atoms with Gasteiger partial charge in [-0.2, -0.15) is 5.10 Å². The van der Waals surface area contributed by atoms with Crippen LogP contribution in [0.5, 0.6) is 0 Å². The van der Waals surface area contributed by atoms with Gasteiger partial charge in [0.25, 0.3) is 0 Å². The van der Waals surface area contributed by atoms with Gasteiger partial charge in [0.15, 0.2) is 0 Å². The van der Waals surface area contributed by atoms with Crippen LogP contribution in [0, 0.1) is 11.8 Å². The number of nitrogens with zero attached hydrogens (tertiary/aromatic N) is 2. The Morgan fingerprint density at radius 3 is 2.40 bits per heavy atom. The molecule has 1 atom stereocenters. The number of aryl methyl sites for hydroxylation is 1. The van der Waals surface area contributed by atoms with Gasteiger partial charge in [-0.15, -0.1) is 0 Å². The first-order valence-electron chi connectivity index (χ1n) is 8.05. The number of rotatable bonds is 3. The minimum Gasteiger partial charge on any atom is -0.388 e. The Kier molecular flexibility index (Phi) is 4.58. The normalized spacial score (nSPS) is 25.7. The Bertz CT molecular complexity index is 436. The average molecular weight is 278 g/mol. The summed E-state index contributed by atoms with van der Waals surface area (Å²) < 4.78 is 1.84. The first kappa shape index (κ1) is 15.6. The molecule has 3 heteroatoms. The van der Waals surface area contributed by atoms with Gasteiger partial charge >= 0.3 is 0 Å². The molecule has 1 fully saturated rings. The lowest BCUT2D eigenvalue weighted by Crippen LogP contribution is -2.23. The maximum absolute atomic E-state index is 10.8. The highest BCUT2D eigenvalue weighted by atomic mass is 16.3. The second-order valence-electron chi connectivity index (χ2n) is 7.49. The lowest BCUT2D eigenvalue weighted by molar-refractivity contribution is 0.0715. The van der Waals surface area contributed by atoms with Crippen LogP contribution < -0.4 is 0 Å². The van der Waals surface area contributed by atoms with Crippen LogP contribution in [0.3, 0.4) is 0 Å². The van der Waals surface area contributed by atoms with Gasteiger partial charge < -0.3 is 5.11 Å². The van der Waals surface area contributed by atoms with E-state index in [1.54, 1.807) is 0 Å². The molecular weight excluding hydrogens is 248 g/mol. The van der Waals surface area contributed by atoms with Crippen molar-refractivity contribution in [2.75, 3.05) is 0 Å². The molecule has 0 saturated heterocycles. The van der Waals surface area contributed by atoms with Gasteiger partial charge in [-0.3, -0.25) is 4.68 Å². The number of aliphatic hydroxyl groups is 1. The fraction of sp³-hybridized carbons (Fsp3) is 0.824. The zero-order valence-electron chi connectivity index (χ0n) is 13.7. The van der Waals surface area contributed by atoms with E-state index in [1.807, 2.05) is 17.9 Å².